The standard InChI is InChI=1S/C15H21ClN2O3S/c1-9-8-22-13(12(9)16)14(19)17-10(2)11-5-4-6-18(7-11)15(20)21-3/h8,10-11H,4-7H2,1-3H3,(H,17,19)/t10-,11-/m1/s1. The normalized spacial score (nSPS) is 19.6. The molecule has 0 spiro atoms. The highest BCUT2D eigenvalue weighted by molar-refractivity contribution is 7.13. The molecule has 1 aromatic heterocycles. The number of ether oxygens (including phenoxy) is 1. The van der Waals surface area contributed by atoms with Crippen LogP contribution in [0.3, 0.4) is 0 Å². The van der Waals surface area contributed by atoms with E-state index in [4.69, 9.17) is 16.3 Å². The summed E-state index contributed by atoms with van der Waals surface area (Å²) in [6, 6.07) is -0.0292. The van der Waals surface area contributed by atoms with Crippen molar-refractivity contribution in [2.75, 3.05) is 20.2 Å². The maximum absolute atomic E-state index is 12.3. The van der Waals surface area contributed by atoms with Gasteiger partial charge in [0.05, 0.1) is 12.1 Å². The van der Waals surface area contributed by atoms with Crippen LogP contribution < -0.4 is 5.32 Å². The second-order valence-electron chi connectivity index (χ2n) is 5.64. The molecule has 1 aliphatic rings. The third-order valence-electron chi connectivity index (χ3n) is 4.06. The first-order chi connectivity index (χ1) is 10.4. The second-order valence-corrected chi connectivity index (χ2v) is 6.90. The fourth-order valence-electron chi connectivity index (χ4n) is 2.69. The van der Waals surface area contributed by atoms with Gasteiger partial charge in [-0.3, -0.25) is 4.79 Å². The summed E-state index contributed by atoms with van der Waals surface area (Å²) in [7, 11) is 1.39. The largest absolute Gasteiger partial charge is 0.453 e. The average Bonchev–Trinajstić information content (AvgIpc) is 2.86. The smallest absolute Gasteiger partial charge is 0.409 e. The summed E-state index contributed by atoms with van der Waals surface area (Å²) in [5, 5.41) is 5.41. The lowest BCUT2D eigenvalue weighted by atomic mass is 9.91. The molecule has 2 rings (SSSR count). The first-order valence-corrected chi connectivity index (χ1v) is 8.57. The number of likely N-dealkylation sites (tertiary alicyclic amines) is 1. The topological polar surface area (TPSA) is 58.6 Å². The Morgan fingerprint density at radius 1 is 1.55 bits per heavy atom. The summed E-state index contributed by atoms with van der Waals surface area (Å²) >= 11 is 7.49. The van der Waals surface area contributed by atoms with Crippen molar-refractivity contribution >= 4 is 34.9 Å². The van der Waals surface area contributed by atoms with Gasteiger partial charge >= 0.3 is 6.09 Å². The van der Waals surface area contributed by atoms with Crippen LogP contribution in [0.4, 0.5) is 4.79 Å². The lowest BCUT2D eigenvalue weighted by Crippen LogP contribution is -2.47. The van der Waals surface area contributed by atoms with Crippen molar-refractivity contribution < 1.29 is 14.3 Å². The van der Waals surface area contributed by atoms with E-state index in [9.17, 15) is 9.59 Å². The van der Waals surface area contributed by atoms with Gasteiger partial charge in [-0.1, -0.05) is 11.6 Å². The van der Waals surface area contributed by atoms with E-state index in [2.05, 4.69) is 5.32 Å². The summed E-state index contributed by atoms with van der Waals surface area (Å²) in [6.07, 6.45) is 1.59. The van der Waals surface area contributed by atoms with Crippen molar-refractivity contribution in [3.63, 3.8) is 0 Å². The number of aryl methyl sites for hydroxylation is 1. The minimum atomic E-state index is -0.305. The number of rotatable bonds is 3. The molecule has 0 aromatic carbocycles. The molecule has 2 atom stereocenters. The zero-order chi connectivity index (χ0) is 16.3. The maximum atomic E-state index is 12.3. The number of hydrogen-bond acceptors (Lipinski definition) is 4. The molecule has 2 amide bonds. The van der Waals surface area contributed by atoms with Crippen LogP contribution in [0.1, 0.15) is 35.0 Å². The summed E-state index contributed by atoms with van der Waals surface area (Å²) in [5.41, 5.74) is 0.916. The van der Waals surface area contributed by atoms with Crippen LogP contribution in [0, 0.1) is 12.8 Å². The summed E-state index contributed by atoms with van der Waals surface area (Å²) in [4.78, 5) is 26.2. The Morgan fingerprint density at radius 3 is 2.86 bits per heavy atom. The van der Waals surface area contributed by atoms with Crippen LogP contribution in [-0.4, -0.2) is 43.1 Å². The van der Waals surface area contributed by atoms with Crippen LogP contribution in [0.5, 0.6) is 0 Å². The van der Waals surface area contributed by atoms with Crippen molar-refractivity contribution in [2.45, 2.75) is 32.7 Å². The first kappa shape index (κ1) is 17.1. The van der Waals surface area contributed by atoms with E-state index in [1.165, 1.54) is 18.4 Å². The van der Waals surface area contributed by atoms with Gasteiger partial charge in [-0.15, -0.1) is 11.3 Å². The average molecular weight is 345 g/mol. The molecule has 1 N–H and O–H groups in total. The van der Waals surface area contributed by atoms with Crippen LogP contribution in [0.25, 0.3) is 0 Å². The molecule has 0 radical (unpaired) electrons. The van der Waals surface area contributed by atoms with E-state index in [1.807, 2.05) is 19.2 Å². The maximum Gasteiger partial charge on any atom is 0.409 e. The highest BCUT2D eigenvalue weighted by Crippen LogP contribution is 2.27. The second kappa shape index (κ2) is 7.33. The number of carbonyl (C=O) groups is 2. The molecule has 122 valence electrons. The Hall–Kier alpha value is -1.27. The molecule has 1 aromatic rings. The van der Waals surface area contributed by atoms with Gasteiger partial charge in [0.2, 0.25) is 0 Å². The molecule has 7 heteroatoms. The molecular weight excluding hydrogens is 324 g/mol. The molecule has 1 saturated heterocycles. The number of nitrogens with one attached hydrogen (secondary N) is 1. The van der Waals surface area contributed by atoms with Gasteiger partial charge in [-0.05, 0) is 43.6 Å². The van der Waals surface area contributed by atoms with Gasteiger partial charge < -0.3 is 15.0 Å². The van der Waals surface area contributed by atoms with Crippen molar-refractivity contribution in [2.24, 2.45) is 5.92 Å². The number of halogens is 1. The van der Waals surface area contributed by atoms with Gasteiger partial charge in [-0.25, -0.2) is 4.79 Å². The van der Waals surface area contributed by atoms with Crippen LogP contribution in [0.15, 0.2) is 5.38 Å². The van der Waals surface area contributed by atoms with Crippen molar-refractivity contribution in [1.82, 2.24) is 10.2 Å². The number of piperidine rings is 1. The SMILES string of the molecule is COC(=O)N1CCC[C@@H]([C@@H](C)NC(=O)c2scc(C)c2Cl)C1. The van der Waals surface area contributed by atoms with Gasteiger partial charge in [-0.2, -0.15) is 0 Å². The van der Waals surface area contributed by atoms with E-state index in [0.717, 1.165) is 18.4 Å². The number of carbonyl (C=O) groups excluding carboxylic acids is 2. The number of nitrogens with zero attached hydrogens (tertiary/aromatic N) is 1. The molecule has 0 bridgehead atoms. The Labute approximate surface area is 139 Å². The van der Waals surface area contributed by atoms with E-state index in [1.54, 1.807) is 4.90 Å². The van der Waals surface area contributed by atoms with Crippen LogP contribution in [0.2, 0.25) is 5.02 Å². The number of hydrogen-bond donors (Lipinski definition) is 1. The lowest BCUT2D eigenvalue weighted by Gasteiger charge is -2.35. The van der Waals surface area contributed by atoms with E-state index in [0.29, 0.717) is 23.0 Å². The predicted octanol–water partition coefficient (Wildman–Crippen LogP) is 3.31. The van der Waals surface area contributed by atoms with E-state index >= 15 is 0 Å². The monoisotopic (exact) mass is 344 g/mol. The highest BCUT2D eigenvalue weighted by atomic mass is 35.5. The van der Waals surface area contributed by atoms with Gasteiger partial charge in [0.1, 0.15) is 4.88 Å². The molecule has 1 fully saturated rings. The first-order valence-electron chi connectivity index (χ1n) is 7.31. The van der Waals surface area contributed by atoms with Crippen LogP contribution in [-0.2, 0) is 4.74 Å². The van der Waals surface area contributed by atoms with Crippen molar-refractivity contribution in [3.05, 3.63) is 20.8 Å². The lowest BCUT2D eigenvalue weighted by molar-refractivity contribution is 0.0854. The third-order valence-corrected chi connectivity index (χ3v) is 5.76. The molecule has 0 unspecified atom stereocenters. The van der Waals surface area contributed by atoms with Gasteiger partial charge in [0.15, 0.2) is 0 Å². The van der Waals surface area contributed by atoms with E-state index in [-0.39, 0.29) is 24.0 Å². The van der Waals surface area contributed by atoms with Gasteiger partial charge in [0.25, 0.3) is 5.91 Å². The summed E-state index contributed by atoms with van der Waals surface area (Å²) < 4.78 is 4.77. The minimum Gasteiger partial charge on any atom is -0.453 e. The molecular formula is C15H21ClN2O3S. The number of methoxy groups -OCH3 is 1. The number of thiophene rings is 1. The summed E-state index contributed by atoms with van der Waals surface area (Å²) in [5.74, 6) is 0.0717. The zero-order valence-electron chi connectivity index (χ0n) is 13.0. The Kier molecular flexibility index (Phi) is 5.69. The molecule has 2 heterocycles. The summed E-state index contributed by atoms with van der Waals surface area (Å²) in [6.45, 7) is 5.16. The zero-order valence-corrected chi connectivity index (χ0v) is 14.6. The fraction of sp³-hybridized carbons (Fsp3) is 0.600. The molecule has 0 saturated carbocycles. The number of amides is 2. The fourth-order valence-corrected chi connectivity index (χ4v) is 3.87. The Balaban J connectivity index is 1.96. The quantitative estimate of drug-likeness (QED) is 0.915. The van der Waals surface area contributed by atoms with Gasteiger partial charge in [0, 0.05) is 19.1 Å². The van der Waals surface area contributed by atoms with Crippen molar-refractivity contribution in [3.8, 4) is 0 Å². The predicted molar refractivity (Wildman–Crippen MR) is 87.7 cm³/mol. The Bertz CT molecular complexity index is 561. The molecule has 0 aliphatic carbocycles. The molecule has 1 aliphatic heterocycles. The third kappa shape index (κ3) is 3.73. The van der Waals surface area contributed by atoms with Crippen LogP contribution >= 0.6 is 22.9 Å². The van der Waals surface area contributed by atoms with E-state index < -0.39 is 0 Å². The minimum absolute atomic E-state index is 0.0292. The highest BCUT2D eigenvalue weighted by Gasteiger charge is 2.29. The van der Waals surface area contributed by atoms with Crippen molar-refractivity contribution in [1.29, 1.82) is 0 Å². The Morgan fingerprint density at radius 2 is 2.27 bits per heavy atom. The molecule has 22 heavy (non-hydrogen) atoms. The molecule has 5 nitrogen and oxygen atoms in total.